The Kier molecular flexibility index (Phi) is 7.32. The van der Waals surface area contributed by atoms with Gasteiger partial charge in [-0.25, -0.2) is 9.78 Å². The zero-order valence-electron chi connectivity index (χ0n) is 18.1. The Labute approximate surface area is 198 Å². The van der Waals surface area contributed by atoms with Crippen LogP contribution >= 0.6 is 34.4 Å². The van der Waals surface area contributed by atoms with Crippen LogP contribution in [0.1, 0.15) is 35.6 Å². The molecule has 2 N–H and O–H groups in total. The normalized spacial score (nSPS) is 15.5. The van der Waals surface area contributed by atoms with Gasteiger partial charge >= 0.3 is 6.03 Å². The van der Waals surface area contributed by atoms with Gasteiger partial charge < -0.3 is 5.32 Å². The van der Waals surface area contributed by atoms with Crippen LogP contribution in [0.15, 0.2) is 27.5 Å². The van der Waals surface area contributed by atoms with Crippen molar-refractivity contribution in [3.05, 3.63) is 43.2 Å². The summed E-state index contributed by atoms with van der Waals surface area (Å²) in [5, 5.41) is 8.30. The van der Waals surface area contributed by atoms with Gasteiger partial charge in [0.05, 0.1) is 11.1 Å². The zero-order chi connectivity index (χ0) is 22.7. The number of hydrogen-bond donors (Lipinski definition) is 2. The van der Waals surface area contributed by atoms with Crippen LogP contribution in [0.2, 0.25) is 0 Å². The van der Waals surface area contributed by atoms with Crippen molar-refractivity contribution in [3.63, 3.8) is 0 Å². The van der Waals surface area contributed by atoms with Gasteiger partial charge in [-0.15, -0.1) is 22.7 Å². The van der Waals surface area contributed by atoms with Crippen LogP contribution in [0, 0.1) is 5.92 Å². The number of thioether (sulfide) groups is 1. The molecule has 0 aromatic carbocycles. The first-order valence-corrected chi connectivity index (χ1v) is 13.4. The molecule has 1 atom stereocenters. The number of nitrogens with one attached hydrogen (secondary N) is 2. The lowest BCUT2D eigenvalue weighted by molar-refractivity contribution is -0.117. The van der Waals surface area contributed by atoms with Gasteiger partial charge in [0, 0.05) is 22.8 Å². The van der Waals surface area contributed by atoms with Crippen molar-refractivity contribution in [2.75, 3.05) is 12.3 Å². The van der Waals surface area contributed by atoms with Crippen molar-refractivity contribution in [1.82, 2.24) is 20.2 Å². The highest BCUT2D eigenvalue weighted by Crippen LogP contribution is 2.36. The average Bonchev–Trinajstić information content (AvgIpc) is 3.39. The molecule has 3 aromatic heterocycles. The zero-order valence-corrected chi connectivity index (χ0v) is 20.6. The van der Waals surface area contributed by atoms with E-state index in [-0.39, 0.29) is 11.3 Å². The van der Waals surface area contributed by atoms with E-state index in [0.29, 0.717) is 24.2 Å². The molecule has 0 spiro atoms. The number of carbonyl (C=O) groups is 2. The van der Waals surface area contributed by atoms with Crippen molar-refractivity contribution in [3.8, 4) is 0 Å². The third kappa shape index (κ3) is 5.07. The van der Waals surface area contributed by atoms with Gasteiger partial charge in [-0.2, -0.15) is 0 Å². The molecule has 1 aliphatic carbocycles. The van der Waals surface area contributed by atoms with Gasteiger partial charge in [0.1, 0.15) is 4.83 Å². The number of aryl methyl sites for hydroxylation is 1. The van der Waals surface area contributed by atoms with E-state index in [2.05, 4.69) is 17.6 Å². The predicted molar refractivity (Wildman–Crippen MR) is 131 cm³/mol. The number of amides is 3. The Bertz CT molecular complexity index is 1180. The highest BCUT2D eigenvalue weighted by Gasteiger charge is 2.24. The minimum absolute atomic E-state index is 0.0123. The minimum atomic E-state index is -0.511. The molecule has 0 saturated carbocycles. The van der Waals surface area contributed by atoms with Crippen LogP contribution in [-0.2, 0) is 30.6 Å². The van der Waals surface area contributed by atoms with Gasteiger partial charge in [0.25, 0.3) is 5.56 Å². The summed E-state index contributed by atoms with van der Waals surface area (Å²) in [7, 11) is 0. The minimum Gasteiger partial charge on any atom is -0.337 e. The topological polar surface area (TPSA) is 93.1 Å². The summed E-state index contributed by atoms with van der Waals surface area (Å²) in [6, 6.07) is 3.46. The van der Waals surface area contributed by atoms with E-state index in [4.69, 9.17) is 4.98 Å². The Morgan fingerprint density at radius 2 is 2.22 bits per heavy atom. The molecule has 3 heterocycles. The Hall–Kier alpha value is -2.17. The van der Waals surface area contributed by atoms with Crippen LogP contribution in [0.5, 0.6) is 0 Å². The van der Waals surface area contributed by atoms with Crippen molar-refractivity contribution in [2.45, 2.75) is 51.2 Å². The number of thiophene rings is 2. The molecule has 10 heteroatoms. The molecule has 0 aliphatic heterocycles. The standard InChI is InChI=1S/C22H26N4O3S3/c1-3-26-20(28)18-15-7-6-13(2)11-16(15)32-19(18)25-22(26)31-12-17(27)24-21(29)23-9-8-14-5-4-10-30-14/h4-5,10,13H,3,6-9,11-12H2,1-2H3,(H2,23,24,27,29). The largest absolute Gasteiger partial charge is 0.337 e. The highest BCUT2D eigenvalue weighted by atomic mass is 32.2. The van der Waals surface area contributed by atoms with Crippen molar-refractivity contribution < 1.29 is 9.59 Å². The van der Waals surface area contributed by atoms with E-state index in [1.54, 1.807) is 27.2 Å². The number of hydrogen-bond acceptors (Lipinski definition) is 7. The highest BCUT2D eigenvalue weighted by molar-refractivity contribution is 7.99. The summed E-state index contributed by atoms with van der Waals surface area (Å²) < 4.78 is 1.63. The monoisotopic (exact) mass is 490 g/mol. The van der Waals surface area contributed by atoms with E-state index in [1.807, 2.05) is 24.4 Å². The van der Waals surface area contributed by atoms with Crippen LogP contribution in [-0.4, -0.2) is 33.8 Å². The first-order valence-electron chi connectivity index (χ1n) is 10.7. The van der Waals surface area contributed by atoms with Crippen molar-refractivity contribution in [1.29, 1.82) is 0 Å². The fraction of sp³-hybridized carbons (Fsp3) is 0.455. The molecule has 3 amide bonds. The van der Waals surface area contributed by atoms with E-state index in [1.165, 1.54) is 21.5 Å². The maximum atomic E-state index is 13.2. The van der Waals surface area contributed by atoms with Crippen molar-refractivity contribution in [2.24, 2.45) is 5.92 Å². The lowest BCUT2D eigenvalue weighted by Gasteiger charge is -2.17. The lowest BCUT2D eigenvalue weighted by atomic mass is 9.89. The first-order chi connectivity index (χ1) is 15.5. The Balaban J connectivity index is 1.39. The van der Waals surface area contributed by atoms with Crippen LogP contribution in [0.25, 0.3) is 10.2 Å². The molecular weight excluding hydrogens is 464 g/mol. The Morgan fingerprint density at radius 3 is 2.97 bits per heavy atom. The van der Waals surface area contributed by atoms with Crippen molar-refractivity contribution >= 4 is 56.6 Å². The second-order valence-corrected chi connectivity index (χ2v) is 11.0. The number of nitrogens with zero attached hydrogens (tertiary/aromatic N) is 2. The Morgan fingerprint density at radius 1 is 1.38 bits per heavy atom. The van der Waals surface area contributed by atoms with Gasteiger partial charge in [-0.3, -0.25) is 19.5 Å². The van der Waals surface area contributed by atoms with Gasteiger partial charge in [0.15, 0.2) is 5.16 Å². The van der Waals surface area contributed by atoms with E-state index >= 15 is 0 Å². The van der Waals surface area contributed by atoms with Crippen LogP contribution in [0.4, 0.5) is 4.79 Å². The molecule has 3 aromatic rings. The summed E-state index contributed by atoms with van der Waals surface area (Å²) in [4.78, 5) is 45.3. The summed E-state index contributed by atoms with van der Waals surface area (Å²) in [6.07, 6.45) is 3.74. The number of carbonyl (C=O) groups excluding carboxylic acids is 2. The first kappa shape index (κ1) is 23.0. The summed E-state index contributed by atoms with van der Waals surface area (Å²) in [5.41, 5.74) is 1.13. The number of rotatable bonds is 7. The second-order valence-electron chi connectivity index (χ2n) is 7.90. The molecule has 0 radical (unpaired) electrons. The predicted octanol–water partition coefficient (Wildman–Crippen LogP) is 3.82. The lowest BCUT2D eigenvalue weighted by Crippen LogP contribution is -2.41. The molecule has 0 bridgehead atoms. The number of aromatic nitrogens is 2. The molecule has 0 fully saturated rings. The molecule has 1 aliphatic rings. The van der Waals surface area contributed by atoms with Gasteiger partial charge in [-0.1, -0.05) is 24.8 Å². The maximum absolute atomic E-state index is 13.2. The summed E-state index contributed by atoms with van der Waals surface area (Å²) in [6.45, 7) is 5.09. The number of imide groups is 1. The van der Waals surface area contributed by atoms with E-state index in [0.717, 1.165) is 41.5 Å². The quantitative estimate of drug-likeness (QED) is 0.388. The molecule has 0 saturated heterocycles. The summed E-state index contributed by atoms with van der Waals surface area (Å²) in [5.74, 6) is 0.219. The van der Waals surface area contributed by atoms with E-state index < -0.39 is 11.9 Å². The fourth-order valence-electron chi connectivity index (χ4n) is 3.88. The fourth-order valence-corrected chi connectivity index (χ4v) is 6.88. The molecule has 170 valence electrons. The third-order valence-electron chi connectivity index (χ3n) is 5.52. The number of fused-ring (bicyclic) bond motifs is 3. The van der Waals surface area contributed by atoms with Gasteiger partial charge in [-0.05, 0) is 55.5 Å². The maximum Gasteiger partial charge on any atom is 0.321 e. The van der Waals surface area contributed by atoms with Crippen LogP contribution in [0.3, 0.4) is 0 Å². The number of urea groups is 1. The van der Waals surface area contributed by atoms with Gasteiger partial charge in [0.2, 0.25) is 5.91 Å². The average molecular weight is 491 g/mol. The SMILES string of the molecule is CCn1c(SCC(=O)NC(=O)NCCc2cccs2)nc2sc3c(c2c1=O)CCC(C)C3. The molecule has 1 unspecified atom stereocenters. The third-order valence-corrected chi connectivity index (χ3v) is 8.58. The molecular formula is C22H26N4O3S3. The van der Waals surface area contributed by atoms with Crippen LogP contribution < -0.4 is 16.2 Å². The second kappa shape index (κ2) is 10.2. The molecule has 32 heavy (non-hydrogen) atoms. The smallest absolute Gasteiger partial charge is 0.321 e. The summed E-state index contributed by atoms with van der Waals surface area (Å²) >= 11 is 4.42. The molecule has 4 rings (SSSR count). The molecule has 7 nitrogen and oxygen atoms in total. The van der Waals surface area contributed by atoms with E-state index in [9.17, 15) is 14.4 Å².